The Hall–Kier alpha value is -3.42. The van der Waals surface area contributed by atoms with Crippen LogP contribution in [0.15, 0.2) is 36.4 Å². The van der Waals surface area contributed by atoms with Gasteiger partial charge in [-0.15, -0.1) is 0 Å². The van der Waals surface area contributed by atoms with Gasteiger partial charge in [0.1, 0.15) is 0 Å². The second-order valence-electron chi connectivity index (χ2n) is 8.28. The van der Waals surface area contributed by atoms with Gasteiger partial charge in [-0.3, -0.25) is 4.79 Å². The molecule has 8 heteroatoms. The van der Waals surface area contributed by atoms with Crippen molar-refractivity contribution in [3.8, 4) is 5.69 Å². The van der Waals surface area contributed by atoms with Gasteiger partial charge in [-0.2, -0.15) is 5.10 Å². The van der Waals surface area contributed by atoms with Gasteiger partial charge in [0.15, 0.2) is 11.3 Å². The zero-order valence-electron chi connectivity index (χ0n) is 17.5. The molecule has 8 nitrogen and oxygen atoms in total. The van der Waals surface area contributed by atoms with Crippen molar-refractivity contribution < 1.29 is 14.7 Å². The molecule has 1 aliphatic heterocycles. The maximum absolute atomic E-state index is 11.9. The molecule has 5 rings (SSSR count). The smallest absolute Gasteiger partial charge is 0.354 e. The van der Waals surface area contributed by atoms with Crippen LogP contribution in [0.3, 0.4) is 0 Å². The largest absolute Gasteiger partial charge is 0.477 e. The molecule has 1 amide bonds. The number of carboxylic acids is 1. The van der Waals surface area contributed by atoms with Crippen molar-refractivity contribution >= 4 is 28.6 Å². The molecule has 0 spiro atoms. The van der Waals surface area contributed by atoms with Crippen molar-refractivity contribution in [1.82, 2.24) is 19.7 Å². The van der Waals surface area contributed by atoms with Crippen LogP contribution in [0.1, 0.15) is 48.3 Å². The molecule has 31 heavy (non-hydrogen) atoms. The normalized spacial score (nSPS) is 17.1. The number of carbonyl (C=O) groups excluding carboxylic acids is 1. The Morgan fingerprint density at radius 3 is 2.35 bits per heavy atom. The summed E-state index contributed by atoms with van der Waals surface area (Å²) in [5, 5.41) is 15.6. The van der Waals surface area contributed by atoms with Gasteiger partial charge in [0, 0.05) is 39.0 Å². The topological polar surface area (TPSA) is 91.6 Å². The van der Waals surface area contributed by atoms with E-state index in [9.17, 15) is 14.7 Å². The van der Waals surface area contributed by atoms with Crippen molar-refractivity contribution in [2.24, 2.45) is 0 Å². The van der Waals surface area contributed by atoms with Gasteiger partial charge >= 0.3 is 5.97 Å². The third-order valence-electron chi connectivity index (χ3n) is 6.42. The number of hydrogen-bond donors (Lipinski definition) is 1. The van der Waals surface area contributed by atoms with E-state index in [0.29, 0.717) is 37.7 Å². The SMILES string of the molecule is CC(=O)N1CCN(c2cc(C(=O)O)nc3c2c(C2CCC2)nn3-c2ccccc2)CC1. The number of carboxylic acid groups (broad SMARTS) is 1. The highest BCUT2D eigenvalue weighted by Crippen LogP contribution is 2.42. The number of para-hydroxylation sites is 1. The number of benzene rings is 1. The lowest BCUT2D eigenvalue weighted by atomic mass is 9.82. The number of aromatic nitrogens is 3. The molecule has 1 aromatic carbocycles. The van der Waals surface area contributed by atoms with Crippen molar-refractivity contribution in [1.29, 1.82) is 0 Å². The fourth-order valence-electron chi connectivity index (χ4n) is 4.46. The number of rotatable bonds is 4. The van der Waals surface area contributed by atoms with E-state index < -0.39 is 5.97 Å². The molecule has 2 aromatic heterocycles. The van der Waals surface area contributed by atoms with Crippen LogP contribution in [0.25, 0.3) is 16.7 Å². The number of anilines is 1. The Balaban J connectivity index is 1.69. The fourth-order valence-corrected chi connectivity index (χ4v) is 4.46. The van der Waals surface area contributed by atoms with Crippen molar-refractivity contribution in [3.63, 3.8) is 0 Å². The number of pyridine rings is 1. The Morgan fingerprint density at radius 1 is 1.06 bits per heavy atom. The van der Waals surface area contributed by atoms with Gasteiger partial charge in [0.2, 0.25) is 5.91 Å². The molecule has 0 bridgehead atoms. The highest BCUT2D eigenvalue weighted by Gasteiger charge is 2.31. The lowest BCUT2D eigenvalue weighted by Crippen LogP contribution is -2.48. The Bertz CT molecular complexity index is 1140. The summed E-state index contributed by atoms with van der Waals surface area (Å²) in [6, 6.07) is 11.4. The first-order valence-corrected chi connectivity index (χ1v) is 10.8. The van der Waals surface area contributed by atoms with Gasteiger partial charge in [0.05, 0.1) is 22.5 Å². The predicted octanol–water partition coefficient (Wildman–Crippen LogP) is 3.05. The summed E-state index contributed by atoms with van der Waals surface area (Å²) in [5.74, 6) is -0.628. The lowest BCUT2D eigenvalue weighted by Gasteiger charge is -2.36. The van der Waals surface area contributed by atoms with Gasteiger partial charge in [0.25, 0.3) is 0 Å². The van der Waals surface area contributed by atoms with E-state index >= 15 is 0 Å². The predicted molar refractivity (Wildman–Crippen MR) is 117 cm³/mol. The summed E-state index contributed by atoms with van der Waals surface area (Å²) in [5.41, 5.74) is 3.31. The average molecular weight is 419 g/mol. The summed E-state index contributed by atoms with van der Waals surface area (Å²) >= 11 is 0. The molecule has 3 aromatic rings. The summed E-state index contributed by atoms with van der Waals surface area (Å²) in [6.45, 7) is 4.12. The van der Waals surface area contributed by atoms with E-state index in [1.165, 1.54) is 6.42 Å². The highest BCUT2D eigenvalue weighted by atomic mass is 16.4. The minimum absolute atomic E-state index is 0.00809. The van der Waals surface area contributed by atoms with E-state index in [2.05, 4.69) is 9.88 Å². The molecule has 0 atom stereocenters. The van der Waals surface area contributed by atoms with Gasteiger partial charge in [-0.05, 0) is 31.0 Å². The summed E-state index contributed by atoms with van der Waals surface area (Å²) in [4.78, 5) is 32.2. The average Bonchev–Trinajstić information content (AvgIpc) is 3.11. The maximum atomic E-state index is 11.9. The van der Waals surface area contributed by atoms with Crippen LogP contribution in [0.4, 0.5) is 5.69 Å². The number of fused-ring (bicyclic) bond motifs is 1. The molecule has 2 aliphatic rings. The van der Waals surface area contributed by atoms with Crippen molar-refractivity contribution in [3.05, 3.63) is 47.8 Å². The van der Waals surface area contributed by atoms with Gasteiger partial charge < -0.3 is 14.9 Å². The fraction of sp³-hybridized carbons (Fsp3) is 0.391. The summed E-state index contributed by atoms with van der Waals surface area (Å²) in [7, 11) is 0. The van der Waals surface area contributed by atoms with Crippen LogP contribution >= 0.6 is 0 Å². The first kappa shape index (κ1) is 19.5. The van der Waals surface area contributed by atoms with E-state index in [1.807, 2.05) is 35.2 Å². The summed E-state index contributed by atoms with van der Waals surface area (Å²) in [6.07, 6.45) is 3.34. The number of amides is 1. The minimum Gasteiger partial charge on any atom is -0.477 e. The number of aromatic carboxylic acids is 1. The maximum Gasteiger partial charge on any atom is 0.354 e. The number of hydrogen-bond acceptors (Lipinski definition) is 5. The Morgan fingerprint density at radius 2 is 1.77 bits per heavy atom. The first-order valence-electron chi connectivity index (χ1n) is 10.8. The highest BCUT2D eigenvalue weighted by molar-refractivity contribution is 5.98. The van der Waals surface area contributed by atoms with Gasteiger partial charge in [-0.1, -0.05) is 24.6 Å². The van der Waals surface area contributed by atoms with Crippen LogP contribution in [0.2, 0.25) is 0 Å². The van der Waals surface area contributed by atoms with Crippen LogP contribution in [0.5, 0.6) is 0 Å². The monoisotopic (exact) mass is 419 g/mol. The first-order chi connectivity index (χ1) is 15.0. The number of piperazine rings is 1. The Kier molecular flexibility index (Phi) is 4.84. The summed E-state index contributed by atoms with van der Waals surface area (Å²) < 4.78 is 1.78. The second-order valence-corrected chi connectivity index (χ2v) is 8.28. The van der Waals surface area contributed by atoms with Crippen LogP contribution in [-0.2, 0) is 4.79 Å². The van der Waals surface area contributed by atoms with E-state index in [-0.39, 0.29) is 11.6 Å². The second kappa shape index (κ2) is 7.68. The molecule has 1 N–H and O–H groups in total. The van der Waals surface area contributed by atoms with E-state index in [0.717, 1.165) is 35.3 Å². The van der Waals surface area contributed by atoms with Crippen LogP contribution < -0.4 is 4.90 Å². The molecule has 160 valence electrons. The Labute approximate surface area is 180 Å². The van der Waals surface area contributed by atoms with E-state index in [4.69, 9.17) is 5.10 Å². The molecule has 3 heterocycles. The zero-order valence-corrected chi connectivity index (χ0v) is 17.5. The molecule has 2 fully saturated rings. The van der Waals surface area contributed by atoms with Crippen LogP contribution in [-0.4, -0.2) is 62.8 Å². The van der Waals surface area contributed by atoms with Crippen LogP contribution in [0, 0.1) is 0 Å². The molecule has 0 radical (unpaired) electrons. The third kappa shape index (κ3) is 3.41. The van der Waals surface area contributed by atoms with Crippen molar-refractivity contribution in [2.45, 2.75) is 32.1 Å². The molecule has 0 unspecified atom stereocenters. The lowest BCUT2D eigenvalue weighted by molar-refractivity contribution is -0.129. The molecule has 1 aliphatic carbocycles. The molecule has 1 saturated carbocycles. The zero-order chi connectivity index (χ0) is 21.5. The van der Waals surface area contributed by atoms with E-state index in [1.54, 1.807) is 17.7 Å². The quantitative estimate of drug-likeness (QED) is 0.699. The minimum atomic E-state index is -1.06. The van der Waals surface area contributed by atoms with Gasteiger partial charge in [-0.25, -0.2) is 14.5 Å². The third-order valence-corrected chi connectivity index (χ3v) is 6.42. The number of nitrogens with zero attached hydrogens (tertiary/aromatic N) is 5. The van der Waals surface area contributed by atoms with Crippen molar-refractivity contribution in [2.75, 3.05) is 31.1 Å². The number of carbonyl (C=O) groups is 2. The standard InChI is InChI=1S/C23H25N5O3/c1-15(29)26-10-12-27(13-11-26)19-14-18(23(30)31)24-22-20(19)21(16-6-5-7-16)25-28(22)17-8-3-2-4-9-17/h2-4,8-9,14,16H,5-7,10-13H2,1H3,(H,30,31). The molecular formula is C23H25N5O3. The molecule has 1 saturated heterocycles. The molecular weight excluding hydrogens is 394 g/mol.